The van der Waals surface area contributed by atoms with Crippen LogP contribution in [0, 0.1) is 13.8 Å². The van der Waals surface area contributed by atoms with Crippen molar-refractivity contribution in [2.24, 2.45) is 0 Å². The van der Waals surface area contributed by atoms with Crippen molar-refractivity contribution in [1.29, 1.82) is 0 Å². The first kappa shape index (κ1) is 27.5. The molecule has 0 N–H and O–H groups in total. The number of ether oxygens (including phenoxy) is 1. The van der Waals surface area contributed by atoms with Gasteiger partial charge in [0.05, 0.1) is 10.6 Å². The van der Waals surface area contributed by atoms with Crippen LogP contribution in [0.2, 0.25) is 0 Å². The van der Waals surface area contributed by atoms with Crippen molar-refractivity contribution in [2.45, 2.75) is 85.6 Å². The van der Waals surface area contributed by atoms with E-state index in [0.29, 0.717) is 35.3 Å². The van der Waals surface area contributed by atoms with Gasteiger partial charge in [-0.3, -0.25) is 9.59 Å². The van der Waals surface area contributed by atoms with E-state index < -0.39 is 15.8 Å². The number of allylic oxidation sites excluding steroid dienone is 2. The van der Waals surface area contributed by atoms with Gasteiger partial charge in [-0.1, -0.05) is 25.8 Å². The molecule has 0 atom stereocenters. The molecular formula is C26H36N2O5S. The Kier molecular flexibility index (Phi) is 9.00. The Labute approximate surface area is 203 Å². The van der Waals surface area contributed by atoms with E-state index in [9.17, 15) is 18.0 Å². The Morgan fingerprint density at radius 3 is 2.21 bits per heavy atom. The molecule has 8 heteroatoms. The van der Waals surface area contributed by atoms with E-state index in [1.165, 1.54) is 12.1 Å². The summed E-state index contributed by atoms with van der Waals surface area (Å²) in [6, 6.07) is 3.02. The first-order chi connectivity index (χ1) is 15.8. The highest BCUT2D eigenvalue weighted by Gasteiger charge is 2.29. The lowest BCUT2D eigenvalue weighted by molar-refractivity contribution is -0.134. The number of hydrogen-bond acceptors (Lipinski definition) is 6. The Bertz CT molecular complexity index is 1230. The van der Waals surface area contributed by atoms with Gasteiger partial charge in [-0.2, -0.15) is 5.10 Å². The summed E-state index contributed by atoms with van der Waals surface area (Å²) in [5, 5.41) is 4.49. The summed E-state index contributed by atoms with van der Waals surface area (Å²) in [5.74, 6) is -0.610. The van der Waals surface area contributed by atoms with Gasteiger partial charge in [0, 0.05) is 24.8 Å². The Balaban J connectivity index is 2.76. The molecule has 7 nitrogen and oxygen atoms in total. The predicted molar refractivity (Wildman–Crippen MR) is 134 cm³/mol. The summed E-state index contributed by atoms with van der Waals surface area (Å²) in [5.41, 5.74) is 3.91. The average molecular weight is 489 g/mol. The van der Waals surface area contributed by atoms with Gasteiger partial charge < -0.3 is 4.74 Å². The number of unbranched alkanes of at least 4 members (excludes halogenated alkanes) is 1. The van der Waals surface area contributed by atoms with Crippen LogP contribution in [-0.4, -0.2) is 36.2 Å². The molecule has 0 radical (unpaired) electrons. The summed E-state index contributed by atoms with van der Waals surface area (Å²) < 4.78 is 32.2. The van der Waals surface area contributed by atoms with Crippen LogP contribution < -0.4 is 4.74 Å². The predicted octanol–water partition coefficient (Wildman–Crippen LogP) is 5.45. The number of nitrogens with zero attached hydrogens (tertiary/aromatic N) is 2. The highest BCUT2D eigenvalue weighted by atomic mass is 32.2. The zero-order chi connectivity index (χ0) is 25.8. The highest BCUT2D eigenvalue weighted by molar-refractivity contribution is 7.90. The average Bonchev–Trinajstić information content (AvgIpc) is 3.04. The number of esters is 1. The Hall–Kier alpha value is -2.74. The topological polar surface area (TPSA) is 95.3 Å². The molecule has 0 aliphatic heterocycles. The van der Waals surface area contributed by atoms with Crippen LogP contribution in [-0.2, 0) is 21.2 Å². The molecule has 0 spiro atoms. The van der Waals surface area contributed by atoms with Gasteiger partial charge in [-0.15, -0.1) is 0 Å². The molecule has 1 heterocycles. The zero-order valence-electron chi connectivity index (χ0n) is 21.5. The van der Waals surface area contributed by atoms with Crippen LogP contribution in [0.4, 0.5) is 0 Å². The number of benzene rings is 1. The van der Waals surface area contributed by atoms with Crippen LogP contribution in [0.1, 0.15) is 93.0 Å². The van der Waals surface area contributed by atoms with E-state index in [0.717, 1.165) is 30.2 Å². The lowest BCUT2D eigenvalue weighted by Crippen LogP contribution is -2.15. The summed E-state index contributed by atoms with van der Waals surface area (Å²) in [6.07, 6.45) is 3.76. The quantitative estimate of drug-likeness (QED) is 0.326. The normalized spacial score (nSPS) is 11.4. The second kappa shape index (κ2) is 11.1. The molecule has 0 saturated heterocycles. The van der Waals surface area contributed by atoms with Crippen molar-refractivity contribution in [2.75, 3.05) is 6.26 Å². The maximum absolute atomic E-state index is 13.8. The van der Waals surface area contributed by atoms with E-state index in [4.69, 9.17) is 4.74 Å². The fourth-order valence-corrected chi connectivity index (χ4v) is 4.83. The molecule has 0 aliphatic carbocycles. The minimum atomic E-state index is -3.52. The third kappa shape index (κ3) is 5.84. The van der Waals surface area contributed by atoms with E-state index in [-0.39, 0.29) is 28.5 Å². The fourth-order valence-electron chi connectivity index (χ4n) is 3.84. The van der Waals surface area contributed by atoms with Gasteiger partial charge in [-0.05, 0) is 76.3 Å². The summed E-state index contributed by atoms with van der Waals surface area (Å²) in [7, 11) is -3.52. The van der Waals surface area contributed by atoms with E-state index in [2.05, 4.69) is 5.10 Å². The molecule has 186 valence electrons. The van der Waals surface area contributed by atoms with Crippen molar-refractivity contribution in [3.63, 3.8) is 0 Å². The van der Waals surface area contributed by atoms with Crippen molar-refractivity contribution < 1.29 is 22.7 Å². The second-order valence-corrected chi connectivity index (χ2v) is 10.9. The standard InChI is InChI=1S/C26H36N2O5S/c1-9-11-15-28-26(33-22(29)12-10-2)24(19(7)27-28)25(30)20-13-14-21(34(8,31)32)23(18(20)6)17(5)16(3)4/h13-14H,9-12,15H2,1-8H3. The highest BCUT2D eigenvalue weighted by Crippen LogP contribution is 2.34. The van der Waals surface area contributed by atoms with Crippen molar-refractivity contribution >= 4 is 27.2 Å². The summed E-state index contributed by atoms with van der Waals surface area (Å²) >= 11 is 0. The first-order valence-corrected chi connectivity index (χ1v) is 13.5. The van der Waals surface area contributed by atoms with Gasteiger partial charge in [0.1, 0.15) is 5.56 Å². The number of ketones is 1. The molecule has 0 unspecified atom stereocenters. The van der Waals surface area contributed by atoms with Crippen molar-refractivity contribution in [1.82, 2.24) is 9.78 Å². The van der Waals surface area contributed by atoms with Gasteiger partial charge in [0.25, 0.3) is 0 Å². The third-order valence-electron chi connectivity index (χ3n) is 5.89. The SMILES string of the molecule is CCCCn1nc(C)c(C(=O)c2ccc(S(C)(=O)=O)c(C(C)=C(C)C)c2C)c1OC(=O)CCC. The van der Waals surface area contributed by atoms with Gasteiger partial charge in [0.15, 0.2) is 9.84 Å². The number of rotatable bonds is 10. The van der Waals surface area contributed by atoms with E-state index in [1.807, 2.05) is 34.6 Å². The van der Waals surface area contributed by atoms with Gasteiger partial charge >= 0.3 is 5.97 Å². The lowest BCUT2D eigenvalue weighted by Gasteiger charge is -2.17. The minimum absolute atomic E-state index is 0.154. The molecule has 0 bridgehead atoms. The third-order valence-corrected chi connectivity index (χ3v) is 7.03. The molecule has 1 aromatic heterocycles. The molecule has 0 fully saturated rings. The zero-order valence-corrected chi connectivity index (χ0v) is 22.4. The maximum Gasteiger partial charge on any atom is 0.312 e. The Morgan fingerprint density at radius 2 is 1.68 bits per heavy atom. The molecule has 0 saturated carbocycles. The van der Waals surface area contributed by atoms with Crippen LogP contribution in [0.25, 0.3) is 5.57 Å². The molecule has 2 rings (SSSR count). The van der Waals surface area contributed by atoms with Gasteiger partial charge in [-0.25, -0.2) is 13.1 Å². The number of carbonyl (C=O) groups excluding carboxylic acids is 2. The van der Waals surface area contributed by atoms with E-state index in [1.54, 1.807) is 18.5 Å². The van der Waals surface area contributed by atoms with Crippen LogP contribution in [0.3, 0.4) is 0 Å². The number of sulfone groups is 1. The molecule has 34 heavy (non-hydrogen) atoms. The van der Waals surface area contributed by atoms with Gasteiger partial charge in [0.2, 0.25) is 11.7 Å². The lowest BCUT2D eigenvalue weighted by atomic mass is 9.91. The van der Waals surface area contributed by atoms with Crippen LogP contribution in [0.15, 0.2) is 22.6 Å². The molecule has 0 amide bonds. The van der Waals surface area contributed by atoms with Crippen molar-refractivity contribution in [3.05, 3.63) is 45.7 Å². The first-order valence-electron chi connectivity index (χ1n) is 11.7. The smallest absolute Gasteiger partial charge is 0.312 e. The largest absolute Gasteiger partial charge is 0.407 e. The monoisotopic (exact) mass is 488 g/mol. The summed E-state index contributed by atoms with van der Waals surface area (Å²) in [4.78, 5) is 26.4. The fraction of sp³-hybridized carbons (Fsp3) is 0.500. The number of aromatic nitrogens is 2. The van der Waals surface area contributed by atoms with E-state index >= 15 is 0 Å². The Morgan fingerprint density at radius 1 is 1.03 bits per heavy atom. The maximum atomic E-state index is 13.8. The van der Waals surface area contributed by atoms with Crippen LogP contribution >= 0.6 is 0 Å². The molecule has 0 aliphatic rings. The minimum Gasteiger partial charge on any atom is -0.407 e. The molecule has 2 aromatic rings. The molecule has 1 aromatic carbocycles. The van der Waals surface area contributed by atoms with Crippen LogP contribution in [0.5, 0.6) is 5.88 Å². The number of hydrogen-bond donors (Lipinski definition) is 0. The number of aryl methyl sites for hydroxylation is 2. The second-order valence-electron chi connectivity index (χ2n) is 8.90. The van der Waals surface area contributed by atoms with Crippen molar-refractivity contribution in [3.8, 4) is 5.88 Å². The number of carbonyl (C=O) groups is 2. The molecular weight excluding hydrogens is 452 g/mol. The summed E-state index contributed by atoms with van der Waals surface area (Å²) in [6.45, 7) is 13.6.